The van der Waals surface area contributed by atoms with Gasteiger partial charge in [0.1, 0.15) is 6.61 Å². The van der Waals surface area contributed by atoms with Crippen molar-refractivity contribution in [3.8, 4) is 0 Å². The van der Waals surface area contributed by atoms with Crippen molar-refractivity contribution in [3.63, 3.8) is 0 Å². The van der Waals surface area contributed by atoms with E-state index in [1.807, 2.05) is 0 Å². The van der Waals surface area contributed by atoms with Crippen LogP contribution < -0.4 is 11.1 Å². The molecule has 3 N–H and O–H groups in total. The van der Waals surface area contributed by atoms with Crippen molar-refractivity contribution in [3.05, 3.63) is 24.3 Å². The number of likely N-dealkylation sites (tertiary alicyclic amines) is 1. The Morgan fingerprint density at radius 2 is 2.17 bits per heavy atom. The molecule has 0 radical (unpaired) electrons. The van der Waals surface area contributed by atoms with Crippen molar-refractivity contribution in [1.29, 1.82) is 0 Å². The molecule has 0 unspecified atom stereocenters. The summed E-state index contributed by atoms with van der Waals surface area (Å²) >= 11 is 0. The van der Waals surface area contributed by atoms with Gasteiger partial charge in [-0.15, -0.1) is 0 Å². The van der Waals surface area contributed by atoms with E-state index in [0.717, 1.165) is 19.6 Å². The van der Waals surface area contributed by atoms with Crippen LogP contribution >= 0.6 is 0 Å². The molecule has 1 heterocycles. The molecule has 1 saturated heterocycles. The topological polar surface area (TPSA) is 67.6 Å². The maximum Gasteiger partial charge on any atom is 0.411 e. The molecule has 0 aliphatic carbocycles. The van der Waals surface area contributed by atoms with Crippen LogP contribution in [0.5, 0.6) is 0 Å². The van der Waals surface area contributed by atoms with Gasteiger partial charge in [0, 0.05) is 17.9 Å². The fraction of sp³-hybridized carbons (Fsp3) is 0.462. The Bertz CT molecular complexity index is 403. The van der Waals surface area contributed by atoms with E-state index in [-0.39, 0.29) is 0 Å². The molecule has 98 valence electrons. The lowest BCUT2D eigenvalue weighted by atomic mass is 10.3. The molecule has 1 aromatic carbocycles. The monoisotopic (exact) mass is 249 g/mol. The normalized spacial score (nSPS) is 15.6. The Hall–Kier alpha value is -1.75. The highest BCUT2D eigenvalue weighted by Gasteiger charge is 2.11. The number of nitrogens with one attached hydrogen (secondary N) is 1. The Morgan fingerprint density at radius 1 is 1.39 bits per heavy atom. The summed E-state index contributed by atoms with van der Waals surface area (Å²) in [7, 11) is 0. The molecule has 5 heteroatoms. The predicted octanol–water partition coefficient (Wildman–Crippen LogP) is 1.91. The maximum absolute atomic E-state index is 11.5. The van der Waals surface area contributed by atoms with E-state index < -0.39 is 6.09 Å². The third-order valence-corrected chi connectivity index (χ3v) is 2.97. The number of amides is 1. The second-order valence-corrected chi connectivity index (χ2v) is 4.44. The van der Waals surface area contributed by atoms with E-state index in [4.69, 9.17) is 10.5 Å². The van der Waals surface area contributed by atoms with Crippen molar-refractivity contribution in [1.82, 2.24) is 4.90 Å². The number of carbonyl (C=O) groups is 1. The fourth-order valence-electron chi connectivity index (χ4n) is 2.04. The van der Waals surface area contributed by atoms with Gasteiger partial charge in [-0.05, 0) is 44.1 Å². The van der Waals surface area contributed by atoms with E-state index in [1.54, 1.807) is 24.3 Å². The molecule has 0 saturated carbocycles. The smallest absolute Gasteiger partial charge is 0.411 e. The van der Waals surface area contributed by atoms with Crippen molar-refractivity contribution in [2.45, 2.75) is 12.8 Å². The second kappa shape index (κ2) is 6.26. The number of carbonyl (C=O) groups excluding carboxylic acids is 1. The first kappa shape index (κ1) is 12.7. The van der Waals surface area contributed by atoms with Crippen LogP contribution in [0.15, 0.2) is 24.3 Å². The molecule has 0 spiro atoms. The molecule has 0 bridgehead atoms. The molecule has 1 fully saturated rings. The summed E-state index contributed by atoms with van der Waals surface area (Å²) in [6, 6.07) is 7.03. The van der Waals surface area contributed by atoms with E-state index >= 15 is 0 Å². The van der Waals surface area contributed by atoms with Crippen LogP contribution in [0.3, 0.4) is 0 Å². The SMILES string of the molecule is Nc1cccc(NC(=O)OCCN2CCCC2)c1. The van der Waals surface area contributed by atoms with Gasteiger partial charge in [0.25, 0.3) is 0 Å². The average Bonchev–Trinajstić information content (AvgIpc) is 2.82. The predicted molar refractivity (Wildman–Crippen MR) is 71.5 cm³/mol. The standard InChI is InChI=1S/C13H19N3O2/c14-11-4-3-5-12(10-11)15-13(17)18-9-8-16-6-1-2-7-16/h3-5,10H,1-2,6-9,14H2,(H,15,17). The van der Waals surface area contributed by atoms with Gasteiger partial charge in [-0.25, -0.2) is 4.79 Å². The summed E-state index contributed by atoms with van der Waals surface area (Å²) in [5.74, 6) is 0. The van der Waals surface area contributed by atoms with Crippen molar-refractivity contribution < 1.29 is 9.53 Å². The fourth-order valence-corrected chi connectivity index (χ4v) is 2.04. The van der Waals surface area contributed by atoms with Crippen LogP contribution in [-0.2, 0) is 4.74 Å². The lowest BCUT2D eigenvalue weighted by molar-refractivity contribution is 0.146. The molecular weight excluding hydrogens is 230 g/mol. The molecule has 1 aliphatic rings. The highest BCUT2D eigenvalue weighted by Crippen LogP contribution is 2.12. The highest BCUT2D eigenvalue weighted by atomic mass is 16.5. The van der Waals surface area contributed by atoms with Crippen molar-refractivity contribution >= 4 is 17.5 Å². The first-order chi connectivity index (χ1) is 8.74. The summed E-state index contributed by atoms with van der Waals surface area (Å²) in [6.45, 7) is 3.46. The van der Waals surface area contributed by atoms with Gasteiger partial charge in [0.05, 0.1) is 0 Å². The third-order valence-electron chi connectivity index (χ3n) is 2.97. The molecule has 1 aliphatic heterocycles. The van der Waals surface area contributed by atoms with Gasteiger partial charge in [-0.2, -0.15) is 0 Å². The summed E-state index contributed by atoms with van der Waals surface area (Å²) in [5, 5.41) is 2.65. The van der Waals surface area contributed by atoms with Crippen LogP contribution in [0.1, 0.15) is 12.8 Å². The van der Waals surface area contributed by atoms with Gasteiger partial charge < -0.3 is 10.5 Å². The zero-order chi connectivity index (χ0) is 12.8. The molecule has 5 nitrogen and oxygen atoms in total. The van der Waals surface area contributed by atoms with E-state index in [1.165, 1.54) is 12.8 Å². The van der Waals surface area contributed by atoms with E-state index in [2.05, 4.69) is 10.2 Å². The number of nitrogens with zero attached hydrogens (tertiary/aromatic N) is 1. The van der Waals surface area contributed by atoms with Crippen molar-refractivity contribution in [2.24, 2.45) is 0 Å². The van der Waals surface area contributed by atoms with E-state index in [9.17, 15) is 4.79 Å². The Morgan fingerprint density at radius 3 is 2.89 bits per heavy atom. The number of hydrogen-bond acceptors (Lipinski definition) is 4. The Labute approximate surface area is 107 Å². The van der Waals surface area contributed by atoms with Crippen LogP contribution in [0, 0.1) is 0 Å². The largest absolute Gasteiger partial charge is 0.448 e. The van der Waals surface area contributed by atoms with Crippen LogP contribution in [-0.4, -0.2) is 37.2 Å². The highest BCUT2D eigenvalue weighted by molar-refractivity contribution is 5.85. The molecule has 0 aromatic heterocycles. The molecular formula is C13H19N3O2. The van der Waals surface area contributed by atoms with Crippen LogP contribution in [0.2, 0.25) is 0 Å². The number of benzene rings is 1. The summed E-state index contributed by atoms with van der Waals surface area (Å²) < 4.78 is 5.12. The quantitative estimate of drug-likeness (QED) is 0.800. The number of ether oxygens (including phenoxy) is 1. The summed E-state index contributed by atoms with van der Waals surface area (Å²) in [6.07, 6.45) is 2.06. The van der Waals surface area contributed by atoms with Crippen molar-refractivity contribution in [2.75, 3.05) is 37.3 Å². The third kappa shape index (κ3) is 3.92. The number of hydrogen-bond donors (Lipinski definition) is 2. The Kier molecular flexibility index (Phi) is 4.41. The van der Waals surface area contributed by atoms with Crippen LogP contribution in [0.25, 0.3) is 0 Å². The molecule has 1 amide bonds. The number of anilines is 2. The summed E-state index contributed by atoms with van der Waals surface area (Å²) in [4.78, 5) is 13.8. The van der Waals surface area contributed by atoms with Gasteiger partial charge in [-0.3, -0.25) is 10.2 Å². The minimum Gasteiger partial charge on any atom is -0.448 e. The number of rotatable bonds is 4. The van der Waals surface area contributed by atoms with Gasteiger partial charge in [0.15, 0.2) is 0 Å². The first-order valence-corrected chi connectivity index (χ1v) is 6.26. The Balaban J connectivity index is 1.68. The number of nitrogen functional groups attached to an aromatic ring is 1. The van der Waals surface area contributed by atoms with Gasteiger partial charge in [0.2, 0.25) is 0 Å². The second-order valence-electron chi connectivity index (χ2n) is 4.44. The zero-order valence-corrected chi connectivity index (χ0v) is 10.4. The van der Waals surface area contributed by atoms with Gasteiger partial charge in [-0.1, -0.05) is 6.07 Å². The molecule has 1 aromatic rings. The lowest BCUT2D eigenvalue weighted by Gasteiger charge is -2.14. The molecule has 0 atom stereocenters. The zero-order valence-electron chi connectivity index (χ0n) is 10.4. The molecule has 2 rings (SSSR count). The van der Waals surface area contributed by atoms with Gasteiger partial charge >= 0.3 is 6.09 Å². The van der Waals surface area contributed by atoms with E-state index in [0.29, 0.717) is 18.0 Å². The van der Waals surface area contributed by atoms with Crippen LogP contribution in [0.4, 0.5) is 16.2 Å². The number of nitrogens with two attached hydrogens (primary N) is 1. The maximum atomic E-state index is 11.5. The average molecular weight is 249 g/mol. The molecule has 18 heavy (non-hydrogen) atoms. The minimum absolute atomic E-state index is 0.425. The first-order valence-electron chi connectivity index (χ1n) is 6.26. The summed E-state index contributed by atoms with van der Waals surface area (Å²) in [5.41, 5.74) is 6.89. The lowest BCUT2D eigenvalue weighted by Crippen LogP contribution is -2.26. The minimum atomic E-state index is -0.431.